The molecule has 0 unspecified atom stereocenters. The second-order valence-corrected chi connectivity index (χ2v) is 5.96. The molecular formula is C19H13ClN4O2. The molecule has 6 nitrogen and oxygen atoms in total. The minimum Gasteiger partial charge on any atom is -0.456 e. The van der Waals surface area contributed by atoms with Gasteiger partial charge in [-0.1, -0.05) is 17.7 Å². The molecule has 0 aliphatic carbocycles. The van der Waals surface area contributed by atoms with Crippen molar-refractivity contribution in [3.63, 3.8) is 0 Å². The van der Waals surface area contributed by atoms with E-state index in [4.69, 9.17) is 16.3 Å². The number of aromatic nitrogens is 3. The van der Waals surface area contributed by atoms with E-state index >= 15 is 0 Å². The molecule has 0 aliphatic rings. The summed E-state index contributed by atoms with van der Waals surface area (Å²) >= 11 is 5.96. The van der Waals surface area contributed by atoms with E-state index in [-0.39, 0.29) is 5.91 Å². The molecule has 0 saturated carbocycles. The van der Waals surface area contributed by atoms with E-state index in [1.54, 1.807) is 67.0 Å². The largest absolute Gasteiger partial charge is 0.456 e. The van der Waals surface area contributed by atoms with E-state index in [0.717, 1.165) is 11.0 Å². The lowest BCUT2D eigenvalue weighted by molar-refractivity contribution is 0.102. The molecule has 7 heteroatoms. The summed E-state index contributed by atoms with van der Waals surface area (Å²) in [7, 11) is 0. The Morgan fingerprint density at radius 1 is 1.08 bits per heavy atom. The fraction of sp³-hybridized carbons (Fsp3) is 0. The van der Waals surface area contributed by atoms with E-state index in [2.05, 4.69) is 20.3 Å². The van der Waals surface area contributed by atoms with Gasteiger partial charge in [-0.15, -0.1) is 0 Å². The number of imidazole rings is 1. The van der Waals surface area contributed by atoms with Crippen molar-refractivity contribution in [1.82, 2.24) is 15.0 Å². The Kier molecular flexibility index (Phi) is 4.25. The maximum Gasteiger partial charge on any atom is 0.258 e. The Morgan fingerprint density at radius 3 is 2.81 bits per heavy atom. The van der Waals surface area contributed by atoms with Crippen molar-refractivity contribution < 1.29 is 9.53 Å². The van der Waals surface area contributed by atoms with Gasteiger partial charge in [-0.25, -0.2) is 4.98 Å². The molecule has 2 aromatic heterocycles. The van der Waals surface area contributed by atoms with Crippen LogP contribution in [0, 0.1) is 0 Å². The lowest BCUT2D eigenvalue weighted by Gasteiger charge is -2.07. The van der Waals surface area contributed by atoms with Gasteiger partial charge in [-0.05, 0) is 48.5 Å². The Morgan fingerprint density at radius 2 is 1.96 bits per heavy atom. The molecule has 128 valence electrons. The van der Waals surface area contributed by atoms with Crippen molar-refractivity contribution in [3.05, 3.63) is 77.6 Å². The van der Waals surface area contributed by atoms with Crippen LogP contribution < -0.4 is 10.1 Å². The summed E-state index contributed by atoms with van der Waals surface area (Å²) in [5.74, 6) is 1.19. The van der Waals surface area contributed by atoms with Crippen LogP contribution in [0.4, 0.5) is 5.95 Å². The smallest absolute Gasteiger partial charge is 0.258 e. The van der Waals surface area contributed by atoms with Crippen molar-refractivity contribution in [2.75, 3.05) is 5.32 Å². The Bertz CT molecular complexity index is 1080. The molecule has 1 amide bonds. The van der Waals surface area contributed by atoms with Gasteiger partial charge in [0, 0.05) is 16.8 Å². The average molecular weight is 365 g/mol. The maximum atomic E-state index is 12.5. The number of carbonyl (C=O) groups is 1. The standard InChI is InChI=1S/C19H13ClN4O2/c20-13-6-7-16-17(10-13)23-19(22-16)24-18(25)12-3-1-4-14(9-12)26-15-5-2-8-21-11-15/h1-11H,(H2,22,23,24,25). The molecule has 26 heavy (non-hydrogen) atoms. The summed E-state index contributed by atoms with van der Waals surface area (Å²) in [4.78, 5) is 23.8. The van der Waals surface area contributed by atoms with Crippen molar-refractivity contribution in [3.8, 4) is 11.5 Å². The third-order valence-electron chi connectivity index (χ3n) is 3.64. The monoisotopic (exact) mass is 364 g/mol. The van der Waals surface area contributed by atoms with E-state index in [9.17, 15) is 4.79 Å². The van der Waals surface area contributed by atoms with Gasteiger partial charge in [0.15, 0.2) is 0 Å². The lowest BCUT2D eigenvalue weighted by atomic mass is 10.2. The molecule has 0 bridgehead atoms. The van der Waals surface area contributed by atoms with Crippen LogP contribution >= 0.6 is 11.6 Å². The zero-order chi connectivity index (χ0) is 17.9. The third kappa shape index (κ3) is 3.50. The SMILES string of the molecule is O=C(Nc1nc2ccc(Cl)cc2[nH]1)c1cccc(Oc2cccnc2)c1. The van der Waals surface area contributed by atoms with Crippen LogP contribution in [-0.2, 0) is 0 Å². The number of nitrogens with one attached hydrogen (secondary N) is 2. The molecule has 0 fully saturated rings. The van der Waals surface area contributed by atoms with E-state index in [1.807, 2.05) is 0 Å². The van der Waals surface area contributed by atoms with E-state index < -0.39 is 0 Å². The van der Waals surface area contributed by atoms with Crippen molar-refractivity contribution >= 4 is 34.5 Å². The number of rotatable bonds is 4. The first-order valence-corrected chi connectivity index (χ1v) is 8.20. The minimum atomic E-state index is -0.299. The van der Waals surface area contributed by atoms with Crippen molar-refractivity contribution in [2.45, 2.75) is 0 Å². The molecular weight excluding hydrogens is 352 g/mol. The fourth-order valence-electron chi connectivity index (χ4n) is 2.47. The second-order valence-electron chi connectivity index (χ2n) is 5.52. The third-order valence-corrected chi connectivity index (χ3v) is 3.88. The summed E-state index contributed by atoms with van der Waals surface area (Å²) < 4.78 is 5.70. The summed E-state index contributed by atoms with van der Waals surface area (Å²) in [5, 5.41) is 3.34. The summed E-state index contributed by atoms with van der Waals surface area (Å²) in [6.07, 6.45) is 3.27. The lowest BCUT2D eigenvalue weighted by Crippen LogP contribution is -2.12. The van der Waals surface area contributed by atoms with E-state index in [0.29, 0.717) is 28.0 Å². The first kappa shape index (κ1) is 16.1. The van der Waals surface area contributed by atoms with Crippen LogP contribution in [0.1, 0.15) is 10.4 Å². The van der Waals surface area contributed by atoms with Crippen LogP contribution in [0.2, 0.25) is 5.02 Å². The number of aromatic amines is 1. The zero-order valence-electron chi connectivity index (χ0n) is 13.4. The topological polar surface area (TPSA) is 79.9 Å². The number of pyridine rings is 1. The molecule has 4 aromatic rings. The van der Waals surface area contributed by atoms with Crippen LogP contribution in [0.25, 0.3) is 11.0 Å². The highest BCUT2D eigenvalue weighted by atomic mass is 35.5. The number of H-pyrrole nitrogens is 1. The molecule has 2 heterocycles. The van der Waals surface area contributed by atoms with Crippen LogP contribution in [0.3, 0.4) is 0 Å². The van der Waals surface area contributed by atoms with Gasteiger partial charge < -0.3 is 9.72 Å². The number of nitrogens with zero attached hydrogens (tertiary/aromatic N) is 2. The minimum absolute atomic E-state index is 0.299. The van der Waals surface area contributed by atoms with Gasteiger partial charge in [0.2, 0.25) is 5.95 Å². The predicted octanol–water partition coefficient (Wildman–Crippen LogP) is 4.66. The number of ether oxygens (including phenoxy) is 1. The second kappa shape index (κ2) is 6.85. The number of carbonyl (C=O) groups excluding carboxylic acids is 1. The van der Waals surface area contributed by atoms with Crippen LogP contribution in [-0.4, -0.2) is 20.9 Å². The summed E-state index contributed by atoms with van der Waals surface area (Å²) in [5.41, 5.74) is 1.92. The maximum absolute atomic E-state index is 12.5. The van der Waals surface area contributed by atoms with Gasteiger partial charge >= 0.3 is 0 Å². The molecule has 0 aliphatic heterocycles. The number of halogens is 1. The highest BCUT2D eigenvalue weighted by molar-refractivity contribution is 6.31. The molecule has 0 radical (unpaired) electrons. The summed E-state index contributed by atoms with van der Waals surface area (Å²) in [6, 6.07) is 15.7. The molecule has 2 N–H and O–H groups in total. The van der Waals surface area contributed by atoms with Crippen molar-refractivity contribution in [1.29, 1.82) is 0 Å². The number of benzene rings is 2. The molecule has 2 aromatic carbocycles. The first-order valence-electron chi connectivity index (χ1n) is 7.82. The highest BCUT2D eigenvalue weighted by Crippen LogP contribution is 2.22. The Hall–Kier alpha value is -3.38. The number of anilines is 1. The molecule has 4 rings (SSSR count). The van der Waals surface area contributed by atoms with Gasteiger partial charge in [0.05, 0.1) is 17.2 Å². The Balaban J connectivity index is 1.53. The fourth-order valence-corrected chi connectivity index (χ4v) is 2.64. The Labute approximate surface area is 153 Å². The number of amides is 1. The van der Waals surface area contributed by atoms with E-state index in [1.165, 1.54) is 0 Å². The average Bonchev–Trinajstić information content (AvgIpc) is 3.04. The molecule has 0 saturated heterocycles. The highest BCUT2D eigenvalue weighted by Gasteiger charge is 2.11. The zero-order valence-corrected chi connectivity index (χ0v) is 14.2. The number of fused-ring (bicyclic) bond motifs is 1. The quantitative estimate of drug-likeness (QED) is 0.552. The molecule has 0 atom stereocenters. The first-order chi connectivity index (χ1) is 12.7. The molecule has 0 spiro atoms. The van der Waals surface area contributed by atoms with Crippen LogP contribution in [0.15, 0.2) is 67.0 Å². The normalized spacial score (nSPS) is 10.7. The van der Waals surface area contributed by atoms with Gasteiger partial charge in [0.1, 0.15) is 11.5 Å². The number of hydrogen-bond donors (Lipinski definition) is 2. The van der Waals surface area contributed by atoms with Crippen LogP contribution in [0.5, 0.6) is 11.5 Å². The van der Waals surface area contributed by atoms with Gasteiger partial charge in [0.25, 0.3) is 5.91 Å². The van der Waals surface area contributed by atoms with Crippen molar-refractivity contribution in [2.24, 2.45) is 0 Å². The number of hydrogen-bond acceptors (Lipinski definition) is 4. The van der Waals surface area contributed by atoms with Gasteiger partial charge in [-0.3, -0.25) is 15.1 Å². The van der Waals surface area contributed by atoms with Gasteiger partial charge in [-0.2, -0.15) is 0 Å². The summed E-state index contributed by atoms with van der Waals surface area (Å²) in [6.45, 7) is 0. The predicted molar refractivity (Wildman–Crippen MR) is 99.8 cm³/mol.